The van der Waals surface area contributed by atoms with Crippen molar-refractivity contribution in [2.24, 2.45) is 5.92 Å². The Morgan fingerprint density at radius 3 is 2.84 bits per heavy atom. The number of rotatable bonds is 1. The molecule has 0 saturated carbocycles. The van der Waals surface area contributed by atoms with Crippen LogP contribution < -0.4 is 10.6 Å². The Kier molecular flexibility index (Phi) is 3.40. The summed E-state index contributed by atoms with van der Waals surface area (Å²) in [5.41, 5.74) is 9.71. The van der Waals surface area contributed by atoms with E-state index >= 15 is 0 Å². The highest BCUT2D eigenvalue weighted by Crippen LogP contribution is 2.35. The van der Waals surface area contributed by atoms with Crippen molar-refractivity contribution in [2.75, 3.05) is 37.3 Å². The molecular weight excluding hydrogens is 234 g/mol. The Bertz CT molecular complexity index is 437. The minimum absolute atomic E-state index is 0.787. The monoisotopic (exact) mass is 259 g/mol. The van der Waals surface area contributed by atoms with Gasteiger partial charge in [-0.05, 0) is 57.3 Å². The van der Waals surface area contributed by atoms with Crippen LogP contribution in [-0.4, -0.2) is 37.6 Å². The molecule has 3 nitrogen and oxygen atoms in total. The number of nitrogens with two attached hydrogens (primary N) is 1. The standard InChI is InChI=1S/C16H25N3/c1-12-5-3-7-14(17)16(12)19-10-8-15-13(11-19)6-4-9-18(15)2/h3,5,7,13,15H,4,6,8-11,17H2,1-2H3. The van der Waals surface area contributed by atoms with Crippen LogP contribution in [0.15, 0.2) is 18.2 Å². The van der Waals surface area contributed by atoms with Crippen LogP contribution in [0.2, 0.25) is 0 Å². The number of benzene rings is 1. The minimum atomic E-state index is 0.787. The number of fused-ring (bicyclic) bond motifs is 1. The summed E-state index contributed by atoms with van der Waals surface area (Å²) in [5.74, 6) is 0.812. The fraction of sp³-hybridized carbons (Fsp3) is 0.625. The molecule has 104 valence electrons. The molecular formula is C16H25N3. The van der Waals surface area contributed by atoms with Crippen LogP contribution in [0.1, 0.15) is 24.8 Å². The first-order chi connectivity index (χ1) is 9.16. The molecule has 2 heterocycles. The number of para-hydroxylation sites is 1. The number of hydrogen-bond acceptors (Lipinski definition) is 3. The zero-order chi connectivity index (χ0) is 13.4. The van der Waals surface area contributed by atoms with E-state index in [0.717, 1.165) is 24.2 Å². The van der Waals surface area contributed by atoms with Crippen LogP contribution in [-0.2, 0) is 0 Å². The highest BCUT2D eigenvalue weighted by Gasteiger charge is 2.34. The summed E-state index contributed by atoms with van der Waals surface area (Å²) in [6.07, 6.45) is 3.99. The van der Waals surface area contributed by atoms with Crippen LogP contribution in [0.5, 0.6) is 0 Å². The fourth-order valence-corrected chi connectivity index (χ4v) is 3.97. The molecule has 2 aliphatic rings. The van der Waals surface area contributed by atoms with Crippen molar-refractivity contribution >= 4 is 11.4 Å². The van der Waals surface area contributed by atoms with Gasteiger partial charge in [0.25, 0.3) is 0 Å². The van der Waals surface area contributed by atoms with Crippen molar-refractivity contribution in [2.45, 2.75) is 32.2 Å². The van der Waals surface area contributed by atoms with Gasteiger partial charge in [-0.15, -0.1) is 0 Å². The summed E-state index contributed by atoms with van der Waals surface area (Å²) >= 11 is 0. The zero-order valence-corrected chi connectivity index (χ0v) is 12.1. The quantitative estimate of drug-likeness (QED) is 0.787. The number of aryl methyl sites for hydroxylation is 1. The first-order valence-electron chi connectivity index (χ1n) is 7.47. The van der Waals surface area contributed by atoms with Crippen LogP contribution >= 0.6 is 0 Å². The van der Waals surface area contributed by atoms with Gasteiger partial charge < -0.3 is 15.5 Å². The molecule has 19 heavy (non-hydrogen) atoms. The van der Waals surface area contributed by atoms with E-state index in [-0.39, 0.29) is 0 Å². The second-order valence-corrected chi connectivity index (χ2v) is 6.20. The lowest BCUT2D eigenvalue weighted by Crippen LogP contribution is -2.53. The Balaban J connectivity index is 1.81. The van der Waals surface area contributed by atoms with Crippen molar-refractivity contribution in [1.29, 1.82) is 0 Å². The Morgan fingerprint density at radius 1 is 1.21 bits per heavy atom. The molecule has 3 heteroatoms. The topological polar surface area (TPSA) is 32.5 Å². The van der Waals surface area contributed by atoms with Gasteiger partial charge in [0.1, 0.15) is 0 Å². The number of anilines is 2. The van der Waals surface area contributed by atoms with E-state index in [0.29, 0.717) is 0 Å². The lowest BCUT2D eigenvalue weighted by Gasteiger charge is -2.47. The van der Waals surface area contributed by atoms with Gasteiger partial charge in [0.05, 0.1) is 11.4 Å². The minimum Gasteiger partial charge on any atom is -0.397 e. The molecule has 0 spiro atoms. The Hall–Kier alpha value is -1.22. The van der Waals surface area contributed by atoms with Crippen LogP contribution in [0.25, 0.3) is 0 Å². The molecule has 2 unspecified atom stereocenters. The molecule has 0 aliphatic carbocycles. The fourth-order valence-electron chi connectivity index (χ4n) is 3.97. The van der Waals surface area contributed by atoms with Crippen molar-refractivity contribution in [3.63, 3.8) is 0 Å². The maximum absolute atomic E-state index is 6.20. The molecule has 2 atom stereocenters. The highest BCUT2D eigenvalue weighted by molar-refractivity contribution is 5.71. The summed E-state index contributed by atoms with van der Waals surface area (Å²) in [4.78, 5) is 5.08. The van der Waals surface area contributed by atoms with Gasteiger partial charge in [-0.3, -0.25) is 0 Å². The average Bonchev–Trinajstić information content (AvgIpc) is 2.39. The normalized spacial score (nSPS) is 28.2. The predicted octanol–water partition coefficient (Wildman–Crippen LogP) is 2.50. The van der Waals surface area contributed by atoms with E-state index in [9.17, 15) is 0 Å². The third-order valence-electron chi connectivity index (χ3n) is 4.93. The van der Waals surface area contributed by atoms with E-state index in [2.05, 4.69) is 35.9 Å². The Labute approximate surface area is 116 Å². The first kappa shape index (κ1) is 12.8. The van der Waals surface area contributed by atoms with Crippen LogP contribution in [0.4, 0.5) is 11.4 Å². The van der Waals surface area contributed by atoms with Crippen LogP contribution in [0, 0.1) is 12.8 Å². The average molecular weight is 259 g/mol. The van der Waals surface area contributed by atoms with Gasteiger partial charge in [-0.1, -0.05) is 12.1 Å². The molecule has 2 aliphatic heterocycles. The summed E-state index contributed by atoms with van der Waals surface area (Å²) in [6.45, 7) is 5.75. The van der Waals surface area contributed by atoms with Gasteiger partial charge in [-0.25, -0.2) is 0 Å². The van der Waals surface area contributed by atoms with Crippen molar-refractivity contribution in [1.82, 2.24) is 4.90 Å². The molecule has 2 saturated heterocycles. The molecule has 2 fully saturated rings. The molecule has 0 bridgehead atoms. The van der Waals surface area contributed by atoms with E-state index in [1.54, 1.807) is 0 Å². The molecule has 3 rings (SSSR count). The summed E-state index contributed by atoms with van der Waals surface area (Å²) in [5, 5.41) is 0. The summed E-state index contributed by atoms with van der Waals surface area (Å²) in [7, 11) is 2.29. The lowest BCUT2D eigenvalue weighted by atomic mass is 9.84. The number of nitrogen functional groups attached to an aromatic ring is 1. The van der Waals surface area contributed by atoms with E-state index in [1.165, 1.54) is 43.6 Å². The second-order valence-electron chi connectivity index (χ2n) is 6.20. The van der Waals surface area contributed by atoms with E-state index < -0.39 is 0 Å². The van der Waals surface area contributed by atoms with Crippen molar-refractivity contribution in [3.05, 3.63) is 23.8 Å². The maximum atomic E-state index is 6.20. The molecule has 0 amide bonds. The van der Waals surface area contributed by atoms with Crippen molar-refractivity contribution in [3.8, 4) is 0 Å². The highest BCUT2D eigenvalue weighted by atomic mass is 15.2. The van der Waals surface area contributed by atoms with E-state index in [4.69, 9.17) is 5.73 Å². The predicted molar refractivity (Wildman–Crippen MR) is 81.6 cm³/mol. The third kappa shape index (κ3) is 2.32. The SMILES string of the molecule is Cc1cccc(N)c1N1CCC2C(CCCN2C)C1. The maximum Gasteiger partial charge on any atom is 0.0629 e. The van der Waals surface area contributed by atoms with Gasteiger partial charge in [0.2, 0.25) is 0 Å². The molecule has 1 aromatic carbocycles. The third-order valence-corrected chi connectivity index (χ3v) is 4.93. The van der Waals surface area contributed by atoms with Gasteiger partial charge in [0, 0.05) is 19.1 Å². The van der Waals surface area contributed by atoms with Gasteiger partial charge >= 0.3 is 0 Å². The molecule has 0 radical (unpaired) electrons. The number of hydrogen-bond donors (Lipinski definition) is 1. The van der Waals surface area contributed by atoms with E-state index in [1.807, 2.05) is 6.07 Å². The molecule has 1 aromatic rings. The number of piperidine rings is 2. The summed E-state index contributed by atoms with van der Waals surface area (Å²) in [6, 6.07) is 7.04. The largest absolute Gasteiger partial charge is 0.397 e. The lowest BCUT2D eigenvalue weighted by molar-refractivity contribution is 0.102. The van der Waals surface area contributed by atoms with Crippen molar-refractivity contribution < 1.29 is 0 Å². The number of likely N-dealkylation sites (tertiary alicyclic amines) is 1. The molecule has 2 N–H and O–H groups in total. The number of nitrogens with zero attached hydrogens (tertiary/aromatic N) is 2. The molecule has 0 aromatic heterocycles. The smallest absolute Gasteiger partial charge is 0.0629 e. The van der Waals surface area contributed by atoms with Gasteiger partial charge in [-0.2, -0.15) is 0 Å². The Morgan fingerprint density at radius 2 is 2.05 bits per heavy atom. The first-order valence-corrected chi connectivity index (χ1v) is 7.47. The summed E-state index contributed by atoms with van der Waals surface area (Å²) < 4.78 is 0. The zero-order valence-electron chi connectivity index (χ0n) is 12.1. The second kappa shape index (κ2) is 5.04. The van der Waals surface area contributed by atoms with Crippen LogP contribution in [0.3, 0.4) is 0 Å². The van der Waals surface area contributed by atoms with Gasteiger partial charge in [0.15, 0.2) is 0 Å².